The number of hydrogen-bond donors (Lipinski definition) is 0. The molecule has 248 valence electrons. The predicted octanol–water partition coefficient (Wildman–Crippen LogP) is 13.7. The Labute approximate surface area is 302 Å². The van der Waals surface area contributed by atoms with Gasteiger partial charge in [-0.15, -0.1) is 68.6 Å². The van der Waals surface area contributed by atoms with Gasteiger partial charge in [0, 0.05) is 0 Å². The van der Waals surface area contributed by atoms with Crippen LogP contribution >= 0.6 is 0 Å². The first-order chi connectivity index (χ1) is 21.2. The van der Waals surface area contributed by atoms with Gasteiger partial charge in [-0.1, -0.05) is 141 Å². The van der Waals surface area contributed by atoms with Gasteiger partial charge in [-0.05, 0) is 39.0 Å². The van der Waals surface area contributed by atoms with Crippen LogP contribution in [-0.4, -0.2) is 4.21 Å². The zero-order valence-corrected chi connectivity index (χ0v) is 33.6. The van der Waals surface area contributed by atoms with Gasteiger partial charge in [0.05, 0.1) is 0 Å². The van der Waals surface area contributed by atoms with Crippen molar-refractivity contribution in [3.05, 3.63) is 146 Å². The van der Waals surface area contributed by atoms with Crippen molar-refractivity contribution in [1.29, 1.82) is 0 Å². The largest absolute Gasteiger partial charge is 0.358 e. The Morgan fingerprint density at radius 3 is 1.55 bits per heavy atom. The van der Waals surface area contributed by atoms with Gasteiger partial charge in [0.2, 0.25) is 0 Å². The van der Waals surface area contributed by atoms with E-state index in [9.17, 15) is 0 Å². The Hall–Kier alpha value is -3.15. The average molecular weight is 700 g/mol. The van der Waals surface area contributed by atoms with Crippen LogP contribution in [0.4, 0.5) is 0 Å². The second-order valence-corrected chi connectivity index (χ2v) is 14.7. The minimum Gasteiger partial charge on any atom is -0.358 e. The molecule has 6 aromatic rings. The third-order valence-corrected chi connectivity index (χ3v) is 8.81. The van der Waals surface area contributed by atoms with Crippen LogP contribution < -0.4 is 0 Å². The van der Waals surface area contributed by atoms with Gasteiger partial charge in [0.25, 0.3) is 0 Å². The quantitative estimate of drug-likeness (QED) is 0.161. The van der Waals surface area contributed by atoms with Gasteiger partial charge in [0.1, 0.15) is 0 Å². The molecular formula is C46H56Zr-4. The average Bonchev–Trinajstić information content (AvgIpc) is 3.62. The van der Waals surface area contributed by atoms with Crippen molar-refractivity contribution in [2.45, 2.75) is 86.0 Å². The summed E-state index contributed by atoms with van der Waals surface area (Å²) < 4.78 is 3.34. The van der Waals surface area contributed by atoms with E-state index in [-0.39, 0.29) is 25.7 Å². The first-order valence-electron chi connectivity index (χ1n) is 16.2. The van der Waals surface area contributed by atoms with E-state index in [1.807, 2.05) is 0 Å². The fourth-order valence-corrected chi connectivity index (χ4v) is 5.98. The fourth-order valence-electron chi connectivity index (χ4n) is 5.98. The summed E-state index contributed by atoms with van der Waals surface area (Å²) in [5.74, 6) is 0.573. The SMILES string of the molecule is CC(C)c1cc2c(-c3ccc(C(C)(C)C)cc3)cccc2[cH-]1.Cc1cc2c(-c3ccc(C(C)(C)C)cc3)ccc(C)c2[cH-]1.[CH2]=[Zr].[CH3-].[CH3-]. The molecule has 0 saturated heterocycles. The first-order valence-corrected chi connectivity index (χ1v) is 17.9. The zero-order chi connectivity index (χ0) is 33.1. The first kappa shape index (κ1) is 40.0. The van der Waals surface area contributed by atoms with E-state index in [0.29, 0.717) is 5.92 Å². The predicted molar refractivity (Wildman–Crippen MR) is 211 cm³/mol. The van der Waals surface area contributed by atoms with Gasteiger partial charge < -0.3 is 14.9 Å². The maximum atomic E-state index is 3.34. The van der Waals surface area contributed by atoms with Gasteiger partial charge in [-0.25, -0.2) is 0 Å². The molecule has 0 heterocycles. The van der Waals surface area contributed by atoms with Crippen molar-refractivity contribution in [3.63, 3.8) is 0 Å². The van der Waals surface area contributed by atoms with E-state index in [1.54, 1.807) is 0 Å². The van der Waals surface area contributed by atoms with Crippen molar-refractivity contribution < 1.29 is 24.2 Å². The summed E-state index contributed by atoms with van der Waals surface area (Å²) in [6, 6.07) is 38.5. The molecule has 1 heteroatoms. The van der Waals surface area contributed by atoms with Gasteiger partial charge >= 0.3 is 28.4 Å². The van der Waals surface area contributed by atoms with Crippen molar-refractivity contribution in [2.75, 3.05) is 0 Å². The zero-order valence-electron chi connectivity index (χ0n) is 31.1. The van der Waals surface area contributed by atoms with E-state index in [1.165, 1.54) is 95.9 Å². The Morgan fingerprint density at radius 1 is 0.596 bits per heavy atom. The number of fused-ring (bicyclic) bond motifs is 2. The number of rotatable bonds is 3. The van der Waals surface area contributed by atoms with E-state index >= 15 is 0 Å². The normalized spacial score (nSPS) is 11.2. The molecular weight excluding hydrogens is 644 g/mol. The molecule has 6 aromatic carbocycles. The van der Waals surface area contributed by atoms with E-state index in [4.69, 9.17) is 0 Å². The Morgan fingerprint density at radius 2 is 1.09 bits per heavy atom. The van der Waals surface area contributed by atoms with Crippen LogP contribution in [0.25, 0.3) is 43.8 Å². The van der Waals surface area contributed by atoms with Crippen LogP contribution in [0.5, 0.6) is 0 Å². The molecule has 0 radical (unpaired) electrons. The second-order valence-electron chi connectivity index (χ2n) is 14.7. The molecule has 6 rings (SSSR count). The van der Waals surface area contributed by atoms with Crippen molar-refractivity contribution >= 4 is 25.8 Å². The van der Waals surface area contributed by atoms with E-state index in [0.717, 1.165) is 0 Å². The molecule has 0 aliphatic carbocycles. The smallest absolute Gasteiger partial charge is 0.358 e. The van der Waals surface area contributed by atoms with E-state index in [2.05, 4.69) is 177 Å². The molecule has 0 N–H and O–H groups in total. The summed E-state index contributed by atoms with van der Waals surface area (Å²) in [7, 11) is 0. The van der Waals surface area contributed by atoms with Crippen LogP contribution in [0.3, 0.4) is 0 Å². The topological polar surface area (TPSA) is 0 Å². The van der Waals surface area contributed by atoms with Gasteiger partial charge in [-0.3, -0.25) is 0 Å². The fraction of sp³-hybridized carbons (Fsp3) is 0.283. The molecule has 0 bridgehead atoms. The Balaban J connectivity index is 0.000000299. The number of hydrogen-bond acceptors (Lipinski definition) is 0. The second kappa shape index (κ2) is 16.3. The minimum absolute atomic E-state index is 0. The van der Waals surface area contributed by atoms with E-state index < -0.39 is 0 Å². The van der Waals surface area contributed by atoms with Crippen LogP contribution in [0, 0.1) is 28.7 Å². The van der Waals surface area contributed by atoms with Crippen LogP contribution in [0.1, 0.15) is 89.1 Å². The third kappa shape index (κ3) is 9.27. The molecule has 0 fully saturated rings. The molecule has 0 saturated carbocycles. The molecule has 47 heavy (non-hydrogen) atoms. The van der Waals surface area contributed by atoms with Crippen LogP contribution in [-0.2, 0) is 35.1 Å². The maximum absolute atomic E-state index is 3.34. The molecule has 0 unspecified atom stereocenters. The maximum Gasteiger partial charge on any atom is -0.358 e. The molecule has 0 aromatic heterocycles. The van der Waals surface area contributed by atoms with Gasteiger partial charge in [0.15, 0.2) is 0 Å². The third-order valence-electron chi connectivity index (χ3n) is 8.81. The number of aryl methyl sites for hydroxylation is 2. The summed E-state index contributed by atoms with van der Waals surface area (Å²) in [6.45, 7) is 22.4. The van der Waals surface area contributed by atoms with Crippen LogP contribution in [0.2, 0.25) is 0 Å². The van der Waals surface area contributed by atoms with Crippen molar-refractivity contribution in [3.8, 4) is 22.3 Å². The van der Waals surface area contributed by atoms with Gasteiger partial charge in [-0.2, -0.15) is 12.1 Å². The monoisotopic (exact) mass is 698 g/mol. The summed E-state index contributed by atoms with van der Waals surface area (Å²) >= 11 is 1.30. The summed E-state index contributed by atoms with van der Waals surface area (Å²) in [6.07, 6.45) is 0. The Kier molecular flexibility index (Phi) is 13.9. The number of benzene rings is 4. The summed E-state index contributed by atoms with van der Waals surface area (Å²) in [5.41, 5.74) is 12.6. The van der Waals surface area contributed by atoms with Crippen LogP contribution in [0.15, 0.2) is 103 Å². The molecule has 0 spiro atoms. The summed E-state index contributed by atoms with van der Waals surface area (Å²) in [5, 5.41) is 5.47. The summed E-state index contributed by atoms with van der Waals surface area (Å²) in [4.78, 5) is 0. The molecule has 0 aliphatic rings. The molecule has 0 nitrogen and oxygen atoms in total. The standard InChI is InChI=1S/C22H25.C21H23.2CH3.CH2.Zr/c1-15(2)18-13-17-7-6-8-20(21(17)14-18)16-9-11-19(12-10-16)22(3,4)5;1-14-12-19-15(2)6-11-18(20(19)13-14)16-7-9-17(10-8-16)21(3,4)5;;;;/h6-15H,1-5H3;6-13H,1-5H3;2*1H3;1H2;/q4*-1;;. The molecule has 0 amide bonds. The molecule has 0 aliphatic heterocycles. The minimum atomic E-state index is 0. The van der Waals surface area contributed by atoms with Crippen molar-refractivity contribution in [1.82, 2.24) is 0 Å². The Bertz CT molecular complexity index is 1860. The molecule has 0 atom stereocenters. The van der Waals surface area contributed by atoms with Crippen molar-refractivity contribution in [2.24, 2.45) is 0 Å².